The fourth-order valence-corrected chi connectivity index (χ4v) is 4.00. The Bertz CT molecular complexity index is 1380. The molecule has 2 N–H and O–H groups in total. The molecule has 0 fully saturated rings. The van der Waals surface area contributed by atoms with Crippen LogP contribution in [0.2, 0.25) is 5.02 Å². The molecule has 9 heteroatoms. The first-order chi connectivity index (χ1) is 17.2. The van der Waals surface area contributed by atoms with E-state index < -0.39 is 11.8 Å². The van der Waals surface area contributed by atoms with Gasteiger partial charge in [-0.2, -0.15) is 5.26 Å². The van der Waals surface area contributed by atoms with Crippen molar-refractivity contribution in [3.8, 4) is 17.6 Å². The highest BCUT2D eigenvalue weighted by molar-refractivity contribution is 9.10. The molecule has 3 aromatic carbocycles. The summed E-state index contributed by atoms with van der Waals surface area (Å²) in [4.78, 5) is 25.1. The molecule has 36 heavy (non-hydrogen) atoms. The van der Waals surface area contributed by atoms with Crippen LogP contribution in [-0.4, -0.2) is 25.5 Å². The molecule has 0 atom stereocenters. The largest absolute Gasteiger partial charge is 0.493 e. The van der Waals surface area contributed by atoms with Gasteiger partial charge in [-0.05, 0) is 82.9 Å². The molecule has 184 valence electrons. The lowest BCUT2D eigenvalue weighted by Gasteiger charge is -2.14. The smallest absolute Gasteiger partial charge is 0.266 e. The van der Waals surface area contributed by atoms with E-state index in [0.717, 1.165) is 11.1 Å². The van der Waals surface area contributed by atoms with E-state index in [1.54, 1.807) is 42.5 Å². The number of halogens is 2. The van der Waals surface area contributed by atoms with Gasteiger partial charge in [0.15, 0.2) is 18.1 Å². The molecular formula is C27H23BrClN3O4. The molecule has 0 radical (unpaired) electrons. The van der Waals surface area contributed by atoms with Crippen molar-refractivity contribution >= 4 is 56.8 Å². The van der Waals surface area contributed by atoms with Crippen molar-refractivity contribution in [2.75, 3.05) is 24.4 Å². The number of carbonyl (C=O) groups is 2. The molecule has 0 aliphatic rings. The van der Waals surface area contributed by atoms with Crippen LogP contribution in [0.15, 0.2) is 64.6 Å². The number of para-hydroxylation sites is 1. The second kappa shape index (κ2) is 12.2. The molecule has 0 aromatic heterocycles. The molecular weight excluding hydrogens is 546 g/mol. The predicted molar refractivity (Wildman–Crippen MR) is 144 cm³/mol. The molecule has 0 unspecified atom stereocenters. The molecule has 0 heterocycles. The fourth-order valence-electron chi connectivity index (χ4n) is 3.24. The summed E-state index contributed by atoms with van der Waals surface area (Å²) in [7, 11) is 1.45. The molecule has 7 nitrogen and oxygen atoms in total. The first-order valence-corrected chi connectivity index (χ1v) is 11.9. The zero-order valence-corrected chi connectivity index (χ0v) is 22.2. The van der Waals surface area contributed by atoms with Crippen LogP contribution in [0.4, 0.5) is 11.4 Å². The number of aryl methyl sites for hydroxylation is 1. The highest BCUT2D eigenvalue weighted by Gasteiger charge is 2.16. The van der Waals surface area contributed by atoms with E-state index in [4.69, 9.17) is 21.1 Å². The van der Waals surface area contributed by atoms with Crippen LogP contribution in [0, 0.1) is 25.2 Å². The number of ether oxygens (including phenoxy) is 2. The topological polar surface area (TPSA) is 100 Å². The number of rotatable bonds is 8. The van der Waals surface area contributed by atoms with Crippen LogP contribution < -0.4 is 20.1 Å². The number of hydrogen-bond donors (Lipinski definition) is 2. The van der Waals surface area contributed by atoms with Gasteiger partial charge < -0.3 is 20.1 Å². The molecule has 2 amide bonds. The molecule has 0 aliphatic carbocycles. The van der Waals surface area contributed by atoms with E-state index in [0.29, 0.717) is 37.9 Å². The number of anilines is 2. The average Bonchev–Trinajstić information content (AvgIpc) is 2.85. The van der Waals surface area contributed by atoms with E-state index in [1.165, 1.54) is 13.2 Å². The summed E-state index contributed by atoms with van der Waals surface area (Å²) in [5, 5.41) is 15.5. The van der Waals surface area contributed by atoms with E-state index in [-0.39, 0.29) is 12.2 Å². The minimum absolute atomic E-state index is 0.0855. The first kappa shape index (κ1) is 26.8. The number of benzene rings is 3. The molecule has 0 saturated heterocycles. The molecule has 0 spiro atoms. The number of nitriles is 1. The number of hydrogen-bond acceptors (Lipinski definition) is 5. The van der Waals surface area contributed by atoms with Crippen LogP contribution in [0.5, 0.6) is 11.5 Å². The van der Waals surface area contributed by atoms with Gasteiger partial charge in [0.2, 0.25) is 0 Å². The van der Waals surface area contributed by atoms with Crippen molar-refractivity contribution in [1.82, 2.24) is 0 Å². The summed E-state index contributed by atoms with van der Waals surface area (Å²) in [6.07, 6.45) is 1.45. The Labute approximate surface area is 222 Å². The lowest BCUT2D eigenvalue weighted by Crippen LogP contribution is -2.20. The minimum Gasteiger partial charge on any atom is -0.493 e. The van der Waals surface area contributed by atoms with E-state index in [9.17, 15) is 14.9 Å². The van der Waals surface area contributed by atoms with E-state index in [2.05, 4.69) is 26.6 Å². The maximum absolute atomic E-state index is 12.7. The second-order valence-corrected chi connectivity index (χ2v) is 8.98. The Morgan fingerprint density at radius 1 is 1.08 bits per heavy atom. The Hall–Kier alpha value is -3.80. The fraction of sp³-hybridized carbons (Fsp3) is 0.148. The van der Waals surface area contributed by atoms with Gasteiger partial charge in [0.25, 0.3) is 11.8 Å². The second-order valence-electron chi connectivity index (χ2n) is 7.72. The van der Waals surface area contributed by atoms with Crippen molar-refractivity contribution in [2.45, 2.75) is 13.8 Å². The summed E-state index contributed by atoms with van der Waals surface area (Å²) in [5.74, 6) is -0.329. The Kier molecular flexibility index (Phi) is 9.12. The Balaban J connectivity index is 1.76. The third kappa shape index (κ3) is 6.66. The van der Waals surface area contributed by atoms with Gasteiger partial charge in [0.1, 0.15) is 11.6 Å². The highest BCUT2D eigenvalue weighted by atomic mass is 79.9. The quantitative estimate of drug-likeness (QED) is 0.246. The van der Waals surface area contributed by atoms with Gasteiger partial charge in [0.05, 0.1) is 22.3 Å². The Morgan fingerprint density at radius 3 is 2.50 bits per heavy atom. The summed E-state index contributed by atoms with van der Waals surface area (Å²) in [5.41, 5.74) is 3.51. The van der Waals surface area contributed by atoms with Gasteiger partial charge in [-0.1, -0.05) is 35.9 Å². The van der Waals surface area contributed by atoms with Gasteiger partial charge in [-0.3, -0.25) is 9.59 Å². The molecule has 3 aromatic rings. The summed E-state index contributed by atoms with van der Waals surface area (Å²) in [6.45, 7) is 3.55. The highest BCUT2D eigenvalue weighted by Crippen LogP contribution is 2.37. The SMILES string of the molecule is COc1cc(/C=C(/C#N)C(=O)Nc2cccc(C)c2C)cc(Br)c1OCC(=O)Nc1ccccc1Cl. The molecule has 0 saturated carbocycles. The number of carbonyl (C=O) groups excluding carboxylic acids is 2. The number of amides is 2. The van der Waals surface area contributed by atoms with Crippen LogP contribution in [-0.2, 0) is 9.59 Å². The maximum Gasteiger partial charge on any atom is 0.266 e. The summed E-state index contributed by atoms with van der Waals surface area (Å²) >= 11 is 9.49. The molecule has 3 rings (SSSR count). The van der Waals surface area contributed by atoms with Crippen LogP contribution in [0.25, 0.3) is 6.08 Å². The molecule has 0 aliphatic heterocycles. The van der Waals surface area contributed by atoms with Crippen LogP contribution >= 0.6 is 27.5 Å². The standard InChI is InChI=1S/C27H23BrClN3O4/c1-16-7-6-10-22(17(16)2)32-27(34)19(14-30)11-18-12-20(28)26(24(13-18)35-3)36-15-25(33)31-23-9-5-4-8-21(23)29/h4-13H,15H2,1-3H3,(H,31,33)(H,32,34)/b19-11-. The average molecular weight is 569 g/mol. The van der Waals surface area contributed by atoms with Crippen molar-refractivity contribution in [3.63, 3.8) is 0 Å². The molecule has 0 bridgehead atoms. The van der Waals surface area contributed by atoms with Crippen molar-refractivity contribution in [2.24, 2.45) is 0 Å². The minimum atomic E-state index is -0.530. The van der Waals surface area contributed by atoms with Crippen LogP contribution in [0.3, 0.4) is 0 Å². The summed E-state index contributed by atoms with van der Waals surface area (Å²) in [6, 6.07) is 17.6. The number of nitrogens with zero attached hydrogens (tertiary/aromatic N) is 1. The van der Waals surface area contributed by atoms with E-state index >= 15 is 0 Å². The third-order valence-electron chi connectivity index (χ3n) is 5.28. The van der Waals surface area contributed by atoms with E-state index in [1.807, 2.05) is 32.0 Å². The normalized spacial score (nSPS) is 10.8. The van der Waals surface area contributed by atoms with Crippen LogP contribution in [0.1, 0.15) is 16.7 Å². The number of methoxy groups -OCH3 is 1. The van der Waals surface area contributed by atoms with Crippen molar-refractivity contribution in [1.29, 1.82) is 5.26 Å². The lowest BCUT2D eigenvalue weighted by atomic mass is 10.1. The Morgan fingerprint density at radius 2 is 1.81 bits per heavy atom. The third-order valence-corrected chi connectivity index (χ3v) is 6.19. The van der Waals surface area contributed by atoms with Gasteiger partial charge in [0, 0.05) is 5.69 Å². The zero-order valence-electron chi connectivity index (χ0n) is 19.8. The monoisotopic (exact) mass is 567 g/mol. The maximum atomic E-state index is 12.7. The van der Waals surface area contributed by atoms with Crippen molar-refractivity contribution in [3.05, 3.63) is 86.4 Å². The van der Waals surface area contributed by atoms with Gasteiger partial charge >= 0.3 is 0 Å². The zero-order chi connectivity index (χ0) is 26.2. The van der Waals surface area contributed by atoms with Gasteiger partial charge in [-0.15, -0.1) is 0 Å². The summed E-state index contributed by atoms with van der Waals surface area (Å²) < 4.78 is 11.6. The first-order valence-electron chi connectivity index (χ1n) is 10.8. The van der Waals surface area contributed by atoms with Crippen molar-refractivity contribution < 1.29 is 19.1 Å². The lowest BCUT2D eigenvalue weighted by molar-refractivity contribution is -0.118. The number of nitrogens with one attached hydrogen (secondary N) is 2. The predicted octanol–water partition coefficient (Wildman–Crippen LogP) is 6.29. The van der Waals surface area contributed by atoms with Gasteiger partial charge in [-0.25, -0.2) is 0 Å².